The van der Waals surface area contributed by atoms with Gasteiger partial charge in [0.05, 0.1) is 13.7 Å². The number of amidine groups is 1. The second-order valence-corrected chi connectivity index (χ2v) is 4.21. The van der Waals surface area contributed by atoms with Crippen LogP contribution < -0.4 is 10.5 Å². The molecule has 0 bridgehead atoms. The molecule has 0 fully saturated rings. The summed E-state index contributed by atoms with van der Waals surface area (Å²) in [6.07, 6.45) is 0. The van der Waals surface area contributed by atoms with Crippen LogP contribution in [-0.2, 0) is 6.54 Å². The van der Waals surface area contributed by atoms with Crippen molar-refractivity contribution >= 4 is 5.84 Å². The Morgan fingerprint density at radius 1 is 1.50 bits per heavy atom. The molecule has 0 radical (unpaired) electrons. The Morgan fingerprint density at radius 2 is 2.22 bits per heavy atom. The lowest BCUT2D eigenvalue weighted by Crippen LogP contribution is -2.33. The summed E-state index contributed by atoms with van der Waals surface area (Å²) in [7, 11) is 1.66. The molecule has 5 heteroatoms. The van der Waals surface area contributed by atoms with Gasteiger partial charge in [-0.3, -0.25) is 4.90 Å². The van der Waals surface area contributed by atoms with Gasteiger partial charge < -0.3 is 15.7 Å². The molecular weight excluding hydrogens is 230 g/mol. The van der Waals surface area contributed by atoms with Crippen LogP contribution in [0.4, 0.5) is 0 Å². The largest absolute Gasteiger partial charge is 0.496 e. The summed E-state index contributed by atoms with van der Waals surface area (Å²) >= 11 is 0. The predicted molar refractivity (Wildman–Crippen MR) is 72.1 cm³/mol. The van der Waals surface area contributed by atoms with Gasteiger partial charge in [-0.2, -0.15) is 0 Å². The molecule has 0 aromatic heterocycles. The van der Waals surface area contributed by atoms with E-state index in [9.17, 15) is 0 Å². The Bertz CT molecular complexity index is 419. The number of hydrogen-bond donors (Lipinski definition) is 2. The summed E-state index contributed by atoms with van der Waals surface area (Å²) in [5.41, 5.74) is 7.82. The number of ether oxygens (including phenoxy) is 1. The number of benzene rings is 1. The second kappa shape index (κ2) is 6.86. The highest BCUT2D eigenvalue weighted by Gasteiger charge is 2.10. The van der Waals surface area contributed by atoms with E-state index in [-0.39, 0.29) is 5.84 Å². The monoisotopic (exact) mass is 251 g/mol. The van der Waals surface area contributed by atoms with E-state index in [1.807, 2.05) is 26.0 Å². The molecule has 0 aliphatic rings. The zero-order chi connectivity index (χ0) is 13.5. The van der Waals surface area contributed by atoms with E-state index in [4.69, 9.17) is 15.7 Å². The maximum atomic E-state index is 8.60. The molecule has 5 nitrogen and oxygen atoms in total. The molecule has 1 rings (SSSR count). The highest BCUT2D eigenvalue weighted by atomic mass is 16.5. The van der Waals surface area contributed by atoms with Crippen molar-refractivity contribution in [3.05, 3.63) is 29.3 Å². The molecule has 3 N–H and O–H groups in total. The lowest BCUT2D eigenvalue weighted by molar-refractivity contribution is 0.291. The maximum absolute atomic E-state index is 8.60. The minimum absolute atomic E-state index is 0.212. The van der Waals surface area contributed by atoms with Gasteiger partial charge in [-0.15, -0.1) is 0 Å². The fourth-order valence-electron chi connectivity index (χ4n) is 1.81. The van der Waals surface area contributed by atoms with Crippen LogP contribution in [-0.4, -0.2) is 36.1 Å². The fourth-order valence-corrected chi connectivity index (χ4v) is 1.81. The molecule has 100 valence electrons. The molecule has 0 aliphatic carbocycles. The van der Waals surface area contributed by atoms with Crippen LogP contribution in [0.5, 0.6) is 5.75 Å². The highest BCUT2D eigenvalue weighted by molar-refractivity contribution is 5.81. The maximum Gasteiger partial charge on any atom is 0.153 e. The summed E-state index contributed by atoms with van der Waals surface area (Å²) in [6.45, 7) is 6.03. The van der Waals surface area contributed by atoms with Crippen molar-refractivity contribution in [1.82, 2.24) is 4.90 Å². The quantitative estimate of drug-likeness (QED) is 0.348. The fraction of sp³-hybridized carbons (Fsp3) is 0.462. The van der Waals surface area contributed by atoms with Gasteiger partial charge in [-0.05, 0) is 19.5 Å². The number of aryl methyl sites for hydroxylation is 1. The van der Waals surface area contributed by atoms with Gasteiger partial charge in [-0.25, -0.2) is 0 Å². The van der Waals surface area contributed by atoms with Crippen molar-refractivity contribution in [2.45, 2.75) is 20.4 Å². The molecule has 0 spiro atoms. The number of rotatable bonds is 6. The topological polar surface area (TPSA) is 71.1 Å². The summed E-state index contributed by atoms with van der Waals surface area (Å²) in [4.78, 5) is 2.08. The Labute approximate surface area is 108 Å². The van der Waals surface area contributed by atoms with Crippen LogP contribution in [0.2, 0.25) is 0 Å². The summed E-state index contributed by atoms with van der Waals surface area (Å²) < 4.78 is 5.34. The van der Waals surface area contributed by atoms with Crippen molar-refractivity contribution in [2.75, 3.05) is 20.2 Å². The Hall–Kier alpha value is -1.75. The van der Waals surface area contributed by atoms with Gasteiger partial charge in [0.25, 0.3) is 0 Å². The minimum atomic E-state index is 0.212. The number of likely N-dealkylation sites (N-methyl/N-ethyl adjacent to an activating group) is 1. The first-order chi connectivity index (χ1) is 8.60. The van der Waals surface area contributed by atoms with Gasteiger partial charge in [0.2, 0.25) is 0 Å². The summed E-state index contributed by atoms with van der Waals surface area (Å²) in [5.74, 6) is 1.07. The van der Waals surface area contributed by atoms with E-state index in [2.05, 4.69) is 16.1 Å². The average Bonchev–Trinajstić information content (AvgIpc) is 2.38. The molecule has 1 aromatic rings. The van der Waals surface area contributed by atoms with Crippen molar-refractivity contribution in [2.24, 2.45) is 10.9 Å². The van der Waals surface area contributed by atoms with Crippen molar-refractivity contribution in [3.8, 4) is 5.75 Å². The average molecular weight is 251 g/mol. The van der Waals surface area contributed by atoms with Gasteiger partial charge in [0.15, 0.2) is 5.84 Å². The highest BCUT2D eigenvalue weighted by Crippen LogP contribution is 2.21. The Balaban J connectivity index is 2.83. The number of oxime groups is 1. The molecule has 0 saturated carbocycles. The molecule has 0 aliphatic heterocycles. The van der Waals surface area contributed by atoms with Crippen LogP contribution in [0, 0.1) is 6.92 Å². The SMILES string of the molecule is CCN(CC(N)=NO)Cc1cc(C)ccc1OC. The van der Waals surface area contributed by atoms with Gasteiger partial charge in [0, 0.05) is 12.1 Å². The molecule has 0 amide bonds. The van der Waals surface area contributed by atoms with E-state index in [1.54, 1.807) is 7.11 Å². The zero-order valence-corrected chi connectivity index (χ0v) is 11.2. The smallest absolute Gasteiger partial charge is 0.153 e. The first kappa shape index (κ1) is 14.3. The number of nitrogens with two attached hydrogens (primary N) is 1. The molecular formula is C13H21N3O2. The van der Waals surface area contributed by atoms with Crippen LogP contribution in [0.25, 0.3) is 0 Å². The Kier molecular flexibility index (Phi) is 5.45. The molecule has 0 unspecified atom stereocenters. The Morgan fingerprint density at radius 3 is 2.78 bits per heavy atom. The van der Waals surface area contributed by atoms with Crippen LogP contribution in [0.15, 0.2) is 23.4 Å². The zero-order valence-electron chi connectivity index (χ0n) is 11.2. The summed E-state index contributed by atoms with van der Waals surface area (Å²) in [6, 6.07) is 6.07. The van der Waals surface area contributed by atoms with E-state index in [1.165, 1.54) is 5.56 Å². The van der Waals surface area contributed by atoms with Crippen LogP contribution in [0.1, 0.15) is 18.1 Å². The third-order valence-electron chi connectivity index (χ3n) is 2.79. The minimum Gasteiger partial charge on any atom is -0.496 e. The van der Waals surface area contributed by atoms with Crippen LogP contribution >= 0.6 is 0 Å². The van der Waals surface area contributed by atoms with E-state index < -0.39 is 0 Å². The standard InChI is InChI=1S/C13H21N3O2/c1-4-16(9-13(14)15-17)8-11-7-10(2)5-6-12(11)18-3/h5-7,17H,4,8-9H2,1-3H3,(H2,14,15). The van der Waals surface area contributed by atoms with Crippen molar-refractivity contribution in [1.29, 1.82) is 0 Å². The number of nitrogens with zero attached hydrogens (tertiary/aromatic N) is 2. The van der Waals surface area contributed by atoms with Crippen LogP contribution in [0.3, 0.4) is 0 Å². The van der Waals surface area contributed by atoms with Gasteiger partial charge >= 0.3 is 0 Å². The van der Waals surface area contributed by atoms with Gasteiger partial charge in [0.1, 0.15) is 5.75 Å². The normalized spacial score (nSPS) is 11.9. The van der Waals surface area contributed by atoms with Gasteiger partial charge in [-0.1, -0.05) is 29.8 Å². The number of methoxy groups -OCH3 is 1. The van der Waals surface area contributed by atoms with Crippen molar-refractivity contribution < 1.29 is 9.94 Å². The third-order valence-corrected chi connectivity index (χ3v) is 2.79. The van der Waals surface area contributed by atoms with E-state index in [0.717, 1.165) is 17.9 Å². The third kappa shape index (κ3) is 3.92. The molecule has 1 aromatic carbocycles. The van der Waals surface area contributed by atoms with Crippen molar-refractivity contribution in [3.63, 3.8) is 0 Å². The lowest BCUT2D eigenvalue weighted by atomic mass is 10.1. The predicted octanol–water partition coefficient (Wildman–Crippen LogP) is 1.57. The second-order valence-electron chi connectivity index (χ2n) is 4.21. The first-order valence-corrected chi connectivity index (χ1v) is 5.93. The van der Waals surface area contributed by atoms with E-state index in [0.29, 0.717) is 13.1 Å². The molecule has 18 heavy (non-hydrogen) atoms. The lowest BCUT2D eigenvalue weighted by Gasteiger charge is -2.21. The van der Waals surface area contributed by atoms with E-state index >= 15 is 0 Å². The number of hydrogen-bond acceptors (Lipinski definition) is 4. The summed E-state index contributed by atoms with van der Waals surface area (Å²) in [5, 5.41) is 11.6. The molecule has 0 saturated heterocycles. The molecule has 0 atom stereocenters. The molecule has 0 heterocycles. The first-order valence-electron chi connectivity index (χ1n) is 5.93.